The van der Waals surface area contributed by atoms with Crippen LogP contribution in [0.3, 0.4) is 0 Å². The van der Waals surface area contributed by atoms with Gasteiger partial charge in [0, 0.05) is 5.56 Å². The van der Waals surface area contributed by atoms with Crippen LogP contribution in [0, 0.1) is 5.82 Å². The lowest BCUT2D eigenvalue weighted by Gasteiger charge is -2.12. The molecular weight excluding hydrogens is 201 g/mol. The van der Waals surface area contributed by atoms with Crippen molar-refractivity contribution in [1.29, 1.82) is 0 Å². The fourth-order valence-electron chi connectivity index (χ4n) is 1.24. The van der Waals surface area contributed by atoms with E-state index < -0.39 is 5.82 Å². The van der Waals surface area contributed by atoms with Crippen molar-refractivity contribution in [2.24, 2.45) is 0 Å². The summed E-state index contributed by atoms with van der Waals surface area (Å²) in [5.74, 6) is 0.197. The van der Waals surface area contributed by atoms with E-state index in [0.29, 0.717) is 11.3 Å². The first-order valence-corrected chi connectivity index (χ1v) is 4.39. The Morgan fingerprint density at radius 2 is 1.73 bits per heavy atom. The Morgan fingerprint density at radius 3 is 2.27 bits per heavy atom. The average Bonchev–Trinajstić information content (AvgIpc) is 2.27. The Labute approximate surface area is 87.9 Å². The van der Waals surface area contributed by atoms with Gasteiger partial charge in [0.1, 0.15) is 5.75 Å². The molecule has 0 unspecified atom stereocenters. The molecule has 0 fully saturated rings. The summed E-state index contributed by atoms with van der Waals surface area (Å²) in [4.78, 5) is 4.66. The van der Waals surface area contributed by atoms with Crippen LogP contribution in [0.4, 0.5) is 4.39 Å². The molecule has 0 aliphatic carbocycles. The van der Waals surface area contributed by atoms with Crippen LogP contribution in [0.5, 0.6) is 11.5 Å². The smallest absolute Gasteiger partial charge is 0.173 e. The molecule has 4 nitrogen and oxygen atoms in total. The standard InChI is InChI=1S/C10H14FNO3/c1-13-8-4-5-9(14-2)10(11)7(8)6-12-15-3/h4-5,12H,6H2,1-3H3. The summed E-state index contributed by atoms with van der Waals surface area (Å²) in [7, 11) is 4.36. The number of methoxy groups -OCH3 is 2. The molecule has 1 aromatic carbocycles. The van der Waals surface area contributed by atoms with Gasteiger partial charge in [0.25, 0.3) is 0 Å². The van der Waals surface area contributed by atoms with Crippen molar-refractivity contribution < 1.29 is 18.7 Å². The zero-order valence-corrected chi connectivity index (χ0v) is 8.96. The zero-order valence-electron chi connectivity index (χ0n) is 8.96. The van der Waals surface area contributed by atoms with Crippen LogP contribution in [0.2, 0.25) is 0 Å². The number of nitrogens with one attached hydrogen (secondary N) is 1. The first-order chi connectivity index (χ1) is 7.24. The van der Waals surface area contributed by atoms with Gasteiger partial charge in [0.2, 0.25) is 0 Å². The van der Waals surface area contributed by atoms with Crippen LogP contribution in [0.1, 0.15) is 5.56 Å². The third-order valence-electron chi connectivity index (χ3n) is 2.00. The highest BCUT2D eigenvalue weighted by Crippen LogP contribution is 2.28. The molecular formula is C10H14FNO3. The second kappa shape index (κ2) is 5.53. The van der Waals surface area contributed by atoms with E-state index in [2.05, 4.69) is 10.3 Å². The van der Waals surface area contributed by atoms with E-state index >= 15 is 0 Å². The van der Waals surface area contributed by atoms with Crippen LogP contribution in [-0.2, 0) is 11.4 Å². The molecule has 0 bridgehead atoms. The summed E-state index contributed by atoms with van der Waals surface area (Å²) in [6, 6.07) is 3.17. The molecule has 0 atom stereocenters. The number of hydrogen-bond acceptors (Lipinski definition) is 4. The van der Waals surface area contributed by atoms with Crippen molar-refractivity contribution in [2.75, 3.05) is 21.3 Å². The van der Waals surface area contributed by atoms with E-state index in [-0.39, 0.29) is 12.3 Å². The van der Waals surface area contributed by atoms with E-state index in [1.165, 1.54) is 27.4 Å². The molecule has 0 aliphatic heterocycles. The molecule has 15 heavy (non-hydrogen) atoms. The SMILES string of the molecule is CONCc1c(OC)ccc(OC)c1F. The lowest BCUT2D eigenvalue weighted by atomic mass is 10.1. The quantitative estimate of drug-likeness (QED) is 0.755. The Hall–Kier alpha value is -1.33. The van der Waals surface area contributed by atoms with Crippen molar-refractivity contribution in [3.05, 3.63) is 23.5 Å². The maximum absolute atomic E-state index is 13.7. The molecule has 84 valence electrons. The minimum atomic E-state index is -0.443. The van der Waals surface area contributed by atoms with Crippen LogP contribution in [0.15, 0.2) is 12.1 Å². The average molecular weight is 215 g/mol. The molecule has 0 heterocycles. The van der Waals surface area contributed by atoms with Gasteiger partial charge in [-0.1, -0.05) is 0 Å². The fourth-order valence-corrected chi connectivity index (χ4v) is 1.24. The molecule has 0 saturated carbocycles. The molecule has 1 rings (SSSR count). The largest absolute Gasteiger partial charge is 0.496 e. The maximum Gasteiger partial charge on any atom is 0.173 e. The van der Waals surface area contributed by atoms with E-state index in [9.17, 15) is 4.39 Å². The van der Waals surface area contributed by atoms with Crippen LogP contribution in [0.25, 0.3) is 0 Å². The minimum Gasteiger partial charge on any atom is -0.496 e. The van der Waals surface area contributed by atoms with E-state index in [1.54, 1.807) is 6.07 Å². The van der Waals surface area contributed by atoms with Crippen molar-refractivity contribution in [3.63, 3.8) is 0 Å². The van der Waals surface area contributed by atoms with Crippen LogP contribution < -0.4 is 15.0 Å². The maximum atomic E-state index is 13.7. The number of ether oxygens (including phenoxy) is 2. The zero-order chi connectivity index (χ0) is 11.3. The molecule has 0 radical (unpaired) electrons. The van der Waals surface area contributed by atoms with Gasteiger partial charge in [-0.3, -0.25) is 0 Å². The summed E-state index contributed by atoms with van der Waals surface area (Å²) in [5.41, 5.74) is 2.93. The predicted molar refractivity (Wildman–Crippen MR) is 53.4 cm³/mol. The van der Waals surface area contributed by atoms with E-state index in [4.69, 9.17) is 9.47 Å². The van der Waals surface area contributed by atoms with Gasteiger partial charge >= 0.3 is 0 Å². The van der Waals surface area contributed by atoms with Gasteiger partial charge in [-0.15, -0.1) is 0 Å². The number of benzene rings is 1. The molecule has 5 heteroatoms. The van der Waals surface area contributed by atoms with E-state index in [1.807, 2.05) is 0 Å². The number of halogens is 1. The van der Waals surface area contributed by atoms with Crippen molar-refractivity contribution >= 4 is 0 Å². The molecule has 1 aromatic rings. The van der Waals surface area contributed by atoms with Crippen molar-refractivity contribution in [2.45, 2.75) is 6.54 Å². The monoisotopic (exact) mass is 215 g/mol. The van der Waals surface area contributed by atoms with Gasteiger partial charge in [-0.25, -0.2) is 4.39 Å². The van der Waals surface area contributed by atoms with Gasteiger partial charge in [-0.05, 0) is 12.1 Å². The summed E-state index contributed by atoms with van der Waals surface area (Å²) in [6.07, 6.45) is 0. The number of rotatable bonds is 5. The first kappa shape index (κ1) is 11.7. The number of hydroxylamine groups is 1. The summed E-state index contributed by atoms with van der Waals surface area (Å²) in [6.45, 7) is 0.211. The Kier molecular flexibility index (Phi) is 4.33. The highest BCUT2D eigenvalue weighted by Gasteiger charge is 2.14. The predicted octanol–water partition coefficient (Wildman–Crippen LogP) is 1.49. The van der Waals surface area contributed by atoms with Crippen LogP contribution >= 0.6 is 0 Å². The lowest BCUT2D eigenvalue weighted by molar-refractivity contribution is 0.0851. The van der Waals surface area contributed by atoms with Gasteiger partial charge < -0.3 is 14.3 Å². The van der Waals surface area contributed by atoms with Gasteiger partial charge in [0.05, 0.1) is 27.9 Å². The highest BCUT2D eigenvalue weighted by molar-refractivity contribution is 5.41. The third kappa shape index (κ3) is 2.57. The molecule has 0 saturated heterocycles. The molecule has 0 aliphatic rings. The summed E-state index contributed by atoms with van der Waals surface area (Å²) in [5, 5.41) is 0. The highest BCUT2D eigenvalue weighted by atomic mass is 19.1. The lowest BCUT2D eigenvalue weighted by Crippen LogP contribution is -2.13. The number of hydrogen-bond donors (Lipinski definition) is 1. The fraction of sp³-hybridized carbons (Fsp3) is 0.400. The first-order valence-electron chi connectivity index (χ1n) is 4.39. The summed E-state index contributed by atoms with van der Waals surface area (Å²) >= 11 is 0. The normalized spacial score (nSPS) is 10.1. The third-order valence-corrected chi connectivity index (χ3v) is 2.00. The minimum absolute atomic E-state index is 0.184. The van der Waals surface area contributed by atoms with E-state index in [0.717, 1.165) is 0 Å². The Bertz CT molecular complexity index is 331. The summed E-state index contributed by atoms with van der Waals surface area (Å²) < 4.78 is 23.6. The Balaban J connectivity index is 3.05. The van der Waals surface area contributed by atoms with Gasteiger partial charge in [-0.2, -0.15) is 5.48 Å². The second-order valence-electron chi connectivity index (χ2n) is 2.79. The molecule has 0 amide bonds. The molecule has 0 spiro atoms. The Morgan fingerprint density at radius 1 is 1.13 bits per heavy atom. The second-order valence-corrected chi connectivity index (χ2v) is 2.79. The topological polar surface area (TPSA) is 39.7 Å². The van der Waals surface area contributed by atoms with Crippen molar-refractivity contribution in [3.8, 4) is 11.5 Å². The van der Waals surface area contributed by atoms with Gasteiger partial charge in [0.15, 0.2) is 11.6 Å². The molecule has 0 aromatic heterocycles. The van der Waals surface area contributed by atoms with Crippen molar-refractivity contribution in [1.82, 2.24) is 5.48 Å². The van der Waals surface area contributed by atoms with Crippen LogP contribution in [-0.4, -0.2) is 21.3 Å². The molecule has 1 N–H and O–H groups in total.